The zero-order chi connectivity index (χ0) is 17.6. The molecular formula is C20H19NO4. The number of furan rings is 1. The Bertz CT molecular complexity index is 866. The van der Waals surface area contributed by atoms with E-state index in [-0.39, 0.29) is 17.7 Å². The number of nitrogens with one attached hydrogen (secondary N) is 1. The van der Waals surface area contributed by atoms with Gasteiger partial charge in [-0.25, -0.2) is 0 Å². The Labute approximate surface area is 145 Å². The summed E-state index contributed by atoms with van der Waals surface area (Å²) in [5, 5.41) is 12.4. The zero-order valence-corrected chi connectivity index (χ0v) is 13.8. The van der Waals surface area contributed by atoms with Gasteiger partial charge in [0.2, 0.25) is 5.91 Å². The number of anilines is 1. The van der Waals surface area contributed by atoms with Crippen LogP contribution < -0.4 is 5.32 Å². The quantitative estimate of drug-likeness (QED) is 0.834. The summed E-state index contributed by atoms with van der Waals surface area (Å²) in [5.41, 5.74) is 1.51. The van der Waals surface area contributed by atoms with Crippen molar-refractivity contribution in [3.63, 3.8) is 0 Å². The van der Waals surface area contributed by atoms with Gasteiger partial charge in [0, 0.05) is 11.3 Å². The molecule has 2 unspecified atom stereocenters. The first-order valence-electron chi connectivity index (χ1n) is 8.42. The van der Waals surface area contributed by atoms with E-state index in [2.05, 4.69) is 5.32 Å². The lowest BCUT2D eigenvalue weighted by molar-refractivity contribution is -0.146. The molecule has 1 aromatic carbocycles. The molecule has 2 bridgehead atoms. The Morgan fingerprint density at radius 2 is 1.88 bits per heavy atom. The van der Waals surface area contributed by atoms with E-state index in [9.17, 15) is 14.7 Å². The van der Waals surface area contributed by atoms with E-state index >= 15 is 0 Å². The molecule has 2 aliphatic carbocycles. The van der Waals surface area contributed by atoms with E-state index in [1.165, 1.54) is 0 Å². The summed E-state index contributed by atoms with van der Waals surface area (Å²) in [6.45, 7) is 1.88. The molecule has 5 nitrogen and oxygen atoms in total. The smallest absolute Gasteiger partial charge is 0.307 e. The molecule has 0 aliphatic heterocycles. The van der Waals surface area contributed by atoms with Crippen molar-refractivity contribution in [2.45, 2.75) is 13.3 Å². The largest absolute Gasteiger partial charge is 0.481 e. The summed E-state index contributed by atoms with van der Waals surface area (Å²) >= 11 is 0. The van der Waals surface area contributed by atoms with E-state index in [0.717, 1.165) is 23.5 Å². The van der Waals surface area contributed by atoms with Crippen molar-refractivity contribution in [3.8, 4) is 11.3 Å². The minimum Gasteiger partial charge on any atom is -0.481 e. The van der Waals surface area contributed by atoms with Crippen LogP contribution >= 0.6 is 0 Å². The van der Waals surface area contributed by atoms with Gasteiger partial charge in [0.05, 0.1) is 11.8 Å². The van der Waals surface area contributed by atoms with Crippen LogP contribution in [0.2, 0.25) is 0 Å². The van der Waals surface area contributed by atoms with Gasteiger partial charge < -0.3 is 14.8 Å². The molecule has 0 spiro atoms. The fraction of sp³-hybridized carbons (Fsp3) is 0.300. The first-order chi connectivity index (χ1) is 12.0. The lowest BCUT2D eigenvalue weighted by Gasteiger charge is -2.23. The van der Waals surface area contributed by atoms with Crippen LogP contribution in [0, 0.1) is 30.6 Å². The first kappa shape index (κ1) is 15.7. The Morgan fingerprint density at radius 1 is 1.12 bits per heavy atom. The molecule has 5 heteroatoms. The third-order valence-electron chi connectivity index (χ3n) is 5.20. The number of aliphatic carboxylic acids is 1. The average Bonchev–Trinajstić information content (AvgIpc) is 3.30. The monoisotopic (exact) mass is 337 g/mol. The molecule has 25 heavy (non-hydrogen) atoms. The standard InChI is InChI=1S/C20H19NO4/c1-11-5-8-16(25-11)12-3-2-4-15(10-12)21-19(22)17-13-6-7-14(9-13)18(17)20(23)24/h2-8,10,13-14,17-18H,9H2,1H3,(H,21,22)(H,23,24)/t13?,14?,17-,18+/m1/s1. The number of allylic oxidation sites excluding steroid dienone is 2. The lowest BCUT2D eigenvalue weighted by Crippen LogP contribution is -2.36. The topological polar surface area (TPSA) is 79.5 Å². The van der Waals surface area contributed by atoms with E-state index in [1.807, 2.05) is 49.4 Å². The third-order valence-corrected chi connectivity index (χ3v) is 5.20. The lowest BCUT2D eigenvalue weighted by atomic mass is 9.82. The fourth-order valence-corrected chi connectivity index (χ4v) is 4.08. The van der Waals surface area contributed by atoms with E-state index in [0.29, 0.717) is 5.69 Å². The highest BCUT2D eigenvalue weighted by Gasteiger charge is 2.51. The van der Waals surface area contributed by atoms with Crippen LogP contribution in [0.25, 0.3) is 11.3 Å². The van der Waals surface area contributed by atoms with Gasteiger partial charge in [-0.2, -0.15) is 0 Å². The highest BCUT2D eigenvalue weighted by molar-refractivity contribution is 5.96. The number of aryl methyl sites for hydroxylation is 1. The molecule has 2 aromatic rings. The number of carbonyl (C=O) groups is 2. The Balaban J connectivity index is 1.55. The van der Waals surface area contributed by atoms with Gasteiger partial charge in [0.1, 0.15) is 11.5 Å². The van der Waals surface area contributed by atoms with Crippen LogP contribution in [0.3, 0.4) is 0 Å². The van der Waals surface area contributed by atoms with E-state index in [4.69, 9.17) is 4.42 Å². The molecule has 1 fully saturated rings. The molecular weight excluding hydrogens is 318 g/mol. The SMILES string of the molecule is Cc1ccc(-c2cccc(NC(=O)[C@@H]3C4C=CC(C4)[C@@H]3C(=O)O)c2)o1. The maximum Gasteiger partial charge on any atom is 0.307 e. The normalized spacial score (nSPS) is 26.8. The Morgan fingerprint density at radius 3 is 2.56 bits per heavy atom. The summed E-state index contributed by atoms with van der Waals surface area (Å²) < 4.78 is 5.62. The van der Waals surface area contributed by atoms with Crippen molar-refractivity contribution in [1.82, 2.24) is 0 Å². The molecule has 0 saturated heterocycles. The molecule has 4 atom stereocenters. The molecule has 2 N–H and O–H groups in total. The number of hydrogen-bond donors (Lipinski definition) is 2. The second kappa shape index (κ2) is 5.92. The van der Waals surface area contributed by atoms with Crippen LogP contribution in [-0.2, 0) is 9.59 Å². The Hall–Kier alpha value is -2.82. The molecule has 1 heterocycles. The number of carboxylic acids is 1. The molecule has 128 valence electrons. The van der Waals surface area contributed by atoms with Gasteiger partial charge in [-0.05, 0) is 49.4 Å². The van der Waals surface area contributed by atoms with Gasteiger partial charge in [0.15, 0.2) is 0 Å². The Kier molecular flexibility index (Phi) is 3.71. The number of amides is 1. The summed E-state index contributed by atoms with van der Waals surface area (Å²) in [7, 11) is 0. The summed E-state index contributed by atoms with van der Waals surface area (Å²) in [6, 6.07) is 11.2. The van der Waals surface area contributed by atoms with Crippen molar-refractivity contribution in [2.24, 2.45) is 23.7 Å². The first-order valence-corrected chi connectivity index (χ1v) is 8.42. The van der Waals surface area contributed by atoms with E-state index in [1.54, 1.807) is 6.07 Å². The van der Waals surface area contributed by atoms with Crippen molar-refractivity contribution >= 4 is 17.6 Å². The van der Waals surface area contributed by atoms with Crippen molar-refractivity contribution in [1.29, 1.82) is 0 Å². The number of rotatable bonds is 4. The van der Waals surface area contributed by atoms with Crippen LogP contribution in [0.1, 0.15) is 12.2 Å². The third kappa shape index (κ3) is 2.76. The van der Waals surface area contributed by atoms with Crippen LogP contribution in [0.5, 0.6) is 0 Å². The fourth-order valence-electron chi connectivity index (χ4n) is 4.08. The predicted octanol–water partition coefficient (Wildman–Crippen LogP) is 3.72. The van der Waals surface area contributed by atoms with Crippen LogP contribution in [0.15, 0.2) is 53.0 Å². The number of fused-ring (bicyclic) bond motifs is 2. The van der Waals surface area contributed by atoms with Crippen LogP contribution in [-0.4, -0.2) is 17.0 Å². The summed E-state index contributed by atoms with van der Waals surface area (Å²) in [4.78, 5) is 24.3. The molecule has 0 radical (unpaired) electrons. The summed E-state index contributed by atoms with van der Waals surface area (Å²) in [5.74, 6) is -0.721. The maximum absolute atomic E-state index is 12.7. The molecule has 1 saturated carbocycles. The van der Waals surface area contributed by atoms with Crippen LogP contribution in [0.4, 0.5) is 5.69 Å². The number of carbonyl (C=O) groups excluding carboxylic acids is 1. The average molecular weight is 337 g/mol. The molecule has 1 aromatic heterocycles. The highest BCUT2D eigenvalue weighted by atomic mass is 16.4. The van der Waals surface area contributed by atoms with Gasteiger partial charge in [0.25, 0.3) is 0 Å². The second-order valence-corrected chi connectivity index (χ2v) is 6.82. The minimum absolute atomic E-state index is 0.0157. The predicted molar refractivity (Wildman–Crippen MR) is 92.9 cm³/mol. The summed E-state index contributed by atoms with van der Waals surface area (Å²) in [6.07, 6.45) is 4.67. The minimum atomic E-state index is -0.892. The number of benzene rings is 1. The molecule has 1 amide bonds. The maximum atomic E-state index is 12.7. The zero-order valence-electron chi connectivity index (χ0n) is 13.8. The molecule has 4 rings (SSSR count). The van der Waals surface area contributed by atoms with Gasteiger partial charge in [-0.15, -0.1) is 0 Å². The second-order valence-electron chi connectivity index (χ2n) is 6.82. The highest BCUT2D eigenvalue weighted by Crippen LogP contribution is 2.48. The molecule has 2 aliphatic rings. The van der Waals surface area contributed by atoms with Gasteiger partial charge in [-0.1, -0.05) is 24.3 Å². The van der Waals surface area contributed by atoms with Gasteiger partial charge in [-0.3, -0.25) is 9.59 Å². The number of carboxylic acid groups (broad SMARTS) is 1. The van der Waals surface area contributed by atoms with Crippen molar-refractivity contribution < 1.29 is 19.1 Å². The van der Waals surface area contributed by atoms with Gasteiger partial charge >= 0.3 is 5.97 Å². The van der Waals surface area contributed by atoms with Crippen molar-refractivity contribution in [2.75, 3.05) is 5.32 Å². The van der Waals surface area contributed by atoms with Crippen molar-refractivity contribution in [3.05, 3.63) is 54.3 Å². The number of hydrogen-bond acceptors (Lipinski definition) is 3. The van der Waals surface area contributed by atoms with E-state index < -0.39 is 17.8 Å².